The molecule has 2 aromatic rings. The summed E-state index contributed by atoms with van der Waals surface area (Å²) in [5.74, 6) is 0. The molecule has 0 aliphatic heterocycles. The Morgan fingerprint density at radius 1 is 1.59 bits per heavy atom. The van der Waals surface area contributed by atoms with Gasteiger partial charge in [0.1, 0.15) is 12.7 Å². The molecule has 0 fully saturated rings. The minimum absolute atomic E-state index is 0.331. The van der Waals surface area contributed by atoms with Gasteiger partial charge in [0.05, 0.1) is 6.33 Å². The van der Waals surface area contributed by atoms with Crippen molar-refractivity contribution >= 4 is 16.4 Å². The lowest BCUT2D eigenvalue weighted by molar-refractivity contribution is 0.482. The van der Waals surface area contributed by atoms with Gasteiger partial charge in [0.25, 0.3) is 5.16 Å². The van der Waals surface area contributed by atoms with E-state index in [1.54, 1.807) is 12.4 Å². The highest BCUT2D eigenvalue weighted by Crippen LogP contribution is 2.06. The van der Waals surface area contributed by atoms with Crippen LogP contribution in [0.25, 0.3) is 0 Å². The number of nitrogens with zero attached hydrogens (tertiary/aromatic N) is 6. The predicted octanol–water partition coefficient (Wildman–Crippen LogP) is -0.887. The van der Waals surface area contributed by atoms with E-state index in [9.17, 15) is 8.42 Å². The van der Waals surface area contributed by atoms with Gasteiger partial charge in [-0.15, -0.1) is 5.10 Å². The summed E-state index contributed by atoms with van der Waals surface area (Å²) in [6, 6.07) is 0. The molecule has 0 bridgehead atoms. The Morgan fingerprint density at radius 3 is 3.00 bits per heavy atom. The minimum atomic E-state index is -3.80. The van der Waals surface area contributed by atoms with E-state index in [0.717, 1.165) is 4.41 Å². The van der Waals surface area contributed by atoms with E-state index in [-0.39, 0.29) is 5.16 Å². The second kappa shape index (κ2) is 4.33. The second-order valence-electron chi connectivity index (χ2n) is 2.96. The van der Waals surface area contributed by atoms with Gasteiger partial charge in [-0.3, -0.25) is 9.67 Å². The number of aromatic nitrogens is 5. The number of aromatic amines is 1. The van der Waals surface area contributed by atoms with Crippen LogP contribution in [-0.4, -0.2) is 51.0 Å². The Hall–Kier alpha value is -2.23. The molecule has 90 valence electrons. The van der Waals surface area contributed by atoms with Crippen molar-refractivity contribution in [3.8, 4) is 0 Å². The highest BCUT2D eigenvalue weighted by Gasteiger charge is 2.23. The van der Waals surface area contributed by atoms with Gasteiger partial charge in [-0.05, 0) is 0 Å². The number of nitrogens with one attached hydrogen (secondary N) is 1. The molecule has 0 aliphatic rings. The zero-order valence-electron chi connectivity index (χ0n) is 8.79. The molecule has 0 unspecified atom stereocenters. The van der Waals surface area contributed by atoms with E-state index in [1.165, 1.54) is 30.6 Å². The normalized spacial score (nSPS) is 12.1. The average Bonchev–Trinajstić information content (AvgIpc) is 2.98. The molecule has 0 saturated carbocycles. The second-order valence-corrected chi connectivity index (χ2v) is 4.81. The van der Waals surface area contributed by atoms with Crippen LogP contribution < -0.4 is 0 Å². The molecule has 0 aromatic carbocycles. The number of H-pyrrole nitrogens is 1. The maximum absolute atomic E-state index is 11.8. The molecule has 17 heavy (non-hydrogen) atoms. The molecule has 0 atom stereocenters. The Labute approximate surface area is 96.9 Å². The topological polar surface area (TPSA) is 109 Å². The van der Waals surface area contributed by atoms with Gasteiger partial charge >= 0.3 is 10.0 Å². The van der Waals surface area contributed by atoms with Gasteiger partial charge in [0.2, 0.25) is 0 Å². The van der Waals surface area contributed by atoms with Crippen molar-refractivity contribution in [2.75, 3.05) is 7.05 Å². The lowest BCUT2D eigenvalue weighted by Crippen LogP contribution is -2.23. The maximum atomic E-state index is 11.8. The van der Waals surface area contributed by atoms with Crippen molar-refractivity contribution in [1.29, 1.82) is 0 Å². The molecule has 0 aliphatic carbocycles. The van der Waals surface area contributed by atoms with Gasteiger partial charge in [-0.2, -0.15) is 17.9 Å². The zero-order chi connectivity index (χ0) is 12.3. The lowest BCUT2D eigenvalue weighted by Gasteiger charge is -2.09. The van der Waals surface area contributed by atoms with Gasteiger partial charge in [-0.25, -0.2) is 9.97 Å². The molecule has 2 rings (SSSR count). The summed E-state index contributed by atoms with van der Waals surface area (Å²) in [4.78, 5) is 7.35. The quantitative estimate of drug-likeness (QED) is 0.433. The molecule has 0 radical (unpaired) electrons. The molecule has 0 amide bonds. The number of sulfonamides is 1. The lowest BCUT2D eigenvalue weighted by atomic mass is 10.9. The highest BCUT2D eigenvalue weighted by atomic mass is 32.2. The van der Waals surface area contributed by atoms with Crippen molar-refractivity contribution in [3.63, 3.8) is 0 Å². The fraction of sp³-hybridized carbons (Fsp3) is 0.143. The largest absolute Gasteiger partial charge is 0.316 e. The predicted molar refractivity (Wildman–Crippen MR) is 57.4 cm³/mol. The summed E-state index contributed by atoms with van der Waals surface area (Å²) in [6.45, 7) is 0. The van der Waals surface area contributed by atoms with Gasteiger partial charge < -0.3 is 0 Å². The molecular formula is C7H9N7O2S. The molecular weight excluding hydrogens is 246 g/mol. The molecule has 2 heterocycles. The minimum Gasteiger partial charge on any atom is -0.295 e. The SMILES string of the molecule is CN(/N=C\n1ccnc1)S(=O)(=O)c1nc[nH]n1. The van der Waals surface area contributed by atoms with Crippen LogP contribution in [0, 0.1) is 0 Å². The van der Waals surface area contributed by atoms with E-state index < -0.39 is 10.0 Å². The van der Waals surface area contributed by atoms with E-state index in [2.05, 4.69) is 25.3 Å². The summed E-state index contributed by atoms with van der Waals surface area (Å²) in [7, 11) is -2.51. The summed E-state index contributed by atoms with van der Waals surface area (Å²) in [5, 5.41) is 9.23. The smallest absolute Gasteiger partial charge is 0.295 e. The Balaban J connectivity index is 2.18. The summed E-state index contributed by atoms with van der Waals surface area (Å²) >= 11 is 0. The standard InChI is InChI=1S/C7H9N7O2S/c1-13(11-6-14-3-2-8-5-14)17(15,16)7-9-4-10-12-7/h2-6H,1H3,(H,9,10,12)/b11-6-. The summed E-state index contributed by atoms with van der Waals surface area (Å²) in [6.07, 6.45) is 7.14. The van der Waals surface area contributed by atoms with Crippen LogP contribution in [0.15, 0.2) is 35.3 Å². The first-order valence-electron chi connectivity index (χ1n) is 4.47. The average molecular weight is 255 g/mol. The summed E-state index contributed by atoms with van der Waals surface area (Å²) in [5.41, 5.74) is 0. The van der Waals surface area contributed by atoms with Gasteiger partial charge in [0, 0.05) is 19.4 Å². The Morgan fingerprint density at radius 2 is 2.41 bits per heavy atom. The number of rotatable bonds is 4. The zero-order valence-corrected chi connectivity index (χ0v) is 9.61. The third-order valence-corrected chi connectivity index (χ3v) is 3.29. The van der Waals surface area contributed by atoms with E-state index in [0.29, 0.717) is 0 Å². The van der Waals surface area contributed by atoms with Gasteiger partial charge in [-0.1, -0.05) is 0 Å². The third-order valence-electron chi connectivity index (χ3n) is 1.84. The van der Waals surface area contributed by atoms with Crippen molar-refractivity contribution in [2.24, 2.45) is 5.10 Å². The monoisotopic (exact) mass is 255 g/mol. The Bertz CT molecular complexity index is 586. The molecule has 0 saturated heterocycles. The third kappa shape index (κ3) is 2.30. The van der Waals surface area contributed by atoms with Crippen molar-refractivity contribution < 1.29 is 8.42 Å². The van der Waals surface area contributed by atoms with E-state index in [1.807, 2.05) is 0 Å². The van der Waals surface area contributed by atoms with Crippen LogP contribution in [-0.2, 0) is 10.0 Å². The first-order valence-corrected chi connectivity index (χ1v) is 5.91. The van der Waals surface area contributed by atoms with Crippen LogP contribution in [0.5, 0.6) is 0 Å². The molecule has 9 nitrogen and oxygen atoms in total. The number of hydrogen-bond acceptors (Lipinski definition) is 6. The maximum Gasteiger partial charge on any atom is 0.316 e. The summed E-state index contributed by atoms with van der Waals surface area (Å²) < 4.78 is 25.9. The van der Waals surface area contributed by atoms with Crippen molar-refractivity contribution in [2.45, 2.75) is 5.16 Å². The number of imidazole rings is 1. The Kier molecular flexibility index (Phi) is 2.87. The van der Waals surface area contributed by atoms with E-state index in [4.69, 9.17) is 0 Å². The molecule has 10 heteroatoms. The molecule has 1 N–H and O–H groups in total. The van der Waals surface area contributed by atoms with Crippen molar-refractivity contribution in [1.82, 2.24) is 29.1 Å². The highest BCUT2D eigenvalue weighted by molar-refractivity contribution is 7.88. The van der Waals surface area contributed by atoms with Gasteiger partial charge in [0.15, 0.2) is 0 Å². The van der Waals surface area contributed by atoms with Crippen LogP contribution in [0.3, 0.4) is 0 Å². The van der Waals surface area contributed by atoms with Crippen LogP contribution >= 0.6 is 0 Å². The fourth-order valence-corrected chi connectivity index (χ4v) is 1.73. The first kappa shape index (κ1) is 11.3. The number of hydrogen-bond donors (Lipinski definition) is 1. The van der Waals surface area contributed by atoms with E-state index >= 15 is 0 Å². The van der Waals surface area contributed by atoms with Crippen molar-refractivity contribution in [3.05, 3.63) is 25.0 Å². The van der Waals surface area contributed by atoms with Crippen LogP contribution in [0.1, 0.15) is 0 Å². The first-order chi connectivity index (χ1) is 8.10. The van der Waals surface area contributed by atoms with Crippen LogP contribution in [0.4, 0.5) is 0 Å². The van der Waals surface area contributed by atoms with Crippen LogP contribution in [0.2, 0.25) is 0 Å². The number of hydrazone groups is 1. The fourth-order valence-electron chi connectivity index (χ4n) is 0.972. The molecule has 0 spiro atoms. The molecule has 2 aromatic heterocycles.